The van der Waals surface area contributed by atoms with E-state index in [0.29, 0.717) is 5.82 Å². The first-order valence-electron chi connectivity index (χ1n) is 6.06. The second-order valence-electron chi connectivity index (χ2n) is 4.94. The second-order valence-corrected chi connectivity index (χ2v) is 4.94. The molecular weight excluding hydrogens is 273 g/mol. The van der Waals surface area contributed by atoms with Crippen molar-refractivity contribution in [3.63, 3.8) is 0 Å². The van der Waals surface area contributed by atoms with Gasteiger partial charge in [0.05, 0.1) is 11.8 Å². The fourth-order valence-electron chi connectivity index (χ4n) is 2.49. The number of primary amides is 1. The Bertz CT molecular complexity index is 506. The van der Waals surface area contributed by atoms with Crippen LogP contribution in [0.25, 0.3) is 0 Å². The number of pyridine rings is 1. The summed E-state index contributed by atoms with van der Waals surface area (Å²) >= 11 is 0. The van der Waals surface area contributed by atoms with Crippen molar-refractivity contribution in [2.24, 2.45) is 17.6 Å². The van der Waals surface area contributed by atoms with E-state index < -0.39 is 23.9 Å². The monoisotopic (exact) mass is 288 g/mol. The topological polar surface area (TPSA) is 85.2 Å². The van der Waals surface area contributed by atoms with Crippen molar-refractivity contribution in [1.29, 1.82) is 0 Å². The fraction of sp³-hybridized carbons (Fsp3) is 0.500. The first kappa shape index (κ1) is 14.6. The molecule has 1 aliphatic rings. The van der Waals surface area contributed by atoms with Gasteiger partial charge in [0.15, 0.2) is 0 Å². The van der Waals surface area contributed by atoms with Crippen LogP contribution in [0.4, 0.5) is 19.0 Å². The number of hydrogen-bond acceptors (Lipinski definition) is 4. The van der Waals surface area contributed by atoms with Crippen molar-refractivity contribution in [3.8, 4) is 0 Å². The van der Waals surface area contributed by atoms with Gasteiger partial charge in [0.25, 0.3) is 0 Å². The largest absolute Gasteiger partial charge is 0.393 e. The Morgan fingerprint density at radius 2 is 2.15 bits per heavy atom. The number of anilines is 1. The highest BCUT2D eigenvalue weighted by atomic mass is 19.4. The minimum Gasteiger partial charge on any atom is -0.384 e. The molecule has 0 aliphatic carbocycles. The van der Waals surface area contributed by atoms with Crippen LogP contribution in [0.2, 0.25) is 0 Å². The lowest BCUT2D eigenvalue weighted by atomic mass is 9.95. The van der Waals surface area contributed by atoms with Crippen LogP contribution in [0.1, 0.15) is 5.56 Å². The molecule has 8 heteroatoms. The van der Waals surface area contributed by atoms with Gasteiger partial charge in [-0.15, -0.1) is 0 Å². The number of carbonyl (C=O) groups excluding carboxylic acids is 1. The van der Waals surface area contributed by atoms with Crippen LogP contribution in [0.15, 0.2) is 18.3 Å². The maximum absolute atomic E-state index is 12.9. The lowest BCUT2D eigenvalue weighted by molar-refractivity contribution is -0.182. The smallest absolute Gasteiger partial charge is 0.384 e. The molecule has 1 amide bonds. The van der Waals surface area contributed by atoms with E-state index in [9.17, 15) is 18.0 Å². The van der Waals surface area contributed by atoms with Gasteiger partial charge in [-0.3, -0.25) is 9.69 Å². The van der Waals surface area contributed by atoms with E-state index in [1.807, 2.05) is 0 Å². The van der Waals surface area contributed by atoms with E-state index >= 15 is 0 Å². The molecule has 5 nitrogen and oxygen atoms in total. The van der Waals surface area contributed by atoms with Crippen LogP contribution >= 0.6 is 0 Å². The Kier molecular flexibility index (Phi) is 3.85. The number of alkyl halides is 3. The molecule has 0 spiro atoms. The minimum atomic E-state index is -4.42. The van der Waals surface area contributed by atoms with Gasteiger partial charge < -0.3 is 11.5 Å². The molecule has 4 N–H and O–H groups in total. The van der Waals surface area contributed by atoms with Gasteiger partial charge in [-0.2, -0.15) is 13.2 Å². The average molecular weight is 288 g/mol. The minimum absolute atomic E-state index is 0.00172. The summed E-state index contributed by atoms with van der Waals surface area (Å²) in [5.41, 5.74) is 11.3. The molecule has 110 valence electrons. The summed E-state index contributed by atoms with van der Waals surface area (Å²) in [6, 6.07) is 3.27. The molecule has 1 fully saturated rings. The Labute approximate surface area is 113 Å². The number of aromatic nitrogens is 1. The van der Waals surface area contributed by atoms with E-state index in [0.717, 1.165) is 5.56 Å². The number of hydrogen-bond donors (Lipinski definition) is 2. The predicted octanol–water partition coefficient (Wildman–Crippen LogP) is 0.759. The predicted molar refractivity (Wildman–Crippen MR) is 66.2 cm³/mol. The van der Waals surface area contributed by atoms with Crippen LogP contribution in [0, 0.1) is 11.8 Å². The standard InChI is InChI=1S/C12H15F3N4O/c13-12(14,15)9-6-19(5-8(9)11(17)20)4-7-1-2-18-10(16)3-7/h1-3,8-9H,4-6H2,(H2,16,18)(H2,17,20)/t8-,9-/m1/s1. The molecule has 1 aromatic heterocycles. The summed E-state index contributed by atoms with van der Waals surface area (Å²) in [5.74, 6) is -3.52. The molecular formula is C12H15F3N4O. The zero-order valence-electron chi connectivity index (χ0n) is 10.6. The molecule has 2 heterocycles. The van der Waals surface area contributed by atoms with Crippen molar-refractivity contribution < 1.29 is 18.0 Å². The second kappa shape index (κ2) is 5.28. The SMILES string of the molecule is NC(=O)[C@@H]1CN(Cc2ccnc(N)c2)C[C@H]1C(F)(F)F. The number of amides is 1. The van der Waals surface area contributed by atoms with E-state index in [-0.39, 0.29) is 19.6 Å². The lowest BCUT2D eigenvalue weighted by Gasteiger charge is -2.18. The molecule has 0 aromatic carbocycles. The summed E-state index contributed by atoms with van der Waals surface area (Å²) < 4.78 is 38.6. The van der Waals surface area contributed by atoms with Crippen LogP contribution < -0.4 is 11.5 Å². The van der Waals surface area contributed by atoms with Gasteiger partial charge >= 0.3 is 6.18 Å². The van der Waals surface area contributed by atoms with E-state index in [2.05, 4.69) is 4.98 Å². The van der Waals surface area contributed by atoms with E-state index in [4.69, 9.17) is 11.5 Å². The number of nitrogens with zero attached hydrogens (tertiary/aromatic N) is 2. The molecule has 2 atom stereocenters. The first-order valence-corrected chi connectivity index (χ1v) is 6.06. The molecule has 1 saturated heterocycles. The summed E-state index contributed by atoms with van der Waals surface area (Å²) in [7, 11) is 0. The van der Waals surface area contributed by atoms with Gasteiger partial charge in [-0.25, -0.2) is 4.98 Å². The van der Waals surface area contributed by atoms with Crippen LogP contribution in [-0.4, -0.2) is 35.1 Å². The van der Waals surface area contributed by atoms with Crippen LogP contribution in [0.5, 0.6) is 0 Å². The van der Waals surface area contributed by atoms with Crippen molar-refractivity contribution in [3.05, 3.63) is 23.9 Å². The Morgan fingerprint density at radius 3 is 2.65 bits per heavy atom. The number of rotatable bonds is 3. The molecule has 1 aliphatic heterocycles. The number of nitrogen functional groups attached to an aromatic ring is 1. The highest BCUT2D eigenvalue weighted by Gasteiger charge is 2.51. The molecule has 1 aromatic rings. The third-order valence-corrected chi connectivity index (χ3v) is 3.43. The highest BCUT2D eigenvalue weighted by molar-refractivity contribution is 5.77. The molecule has 2 rings (SSSR count). The Hall–Kier alpha value is -1.83. The molecule has 0 radical (unpaired) electrons. The zero-order chi connectivity index (χ0) is 14.9. The average Bonchev–Trinajstić information content (AvgIpc) is 2.73. The van der Waals surface area contributed by atoms with Gasteiger partial charge in [-0.1, -0.05) is 0 Å². The normalized spacial score (nSPS) is 23.9. The third kappa shape index (κ3) is 3.19. The van der Waals surface area contributed by atoms with Crippen molar-refractivity contribution >= 4 is 11.7 Å². The van der Waals surface area contributed by atoms with E-state index in [1.165, 1.54) is 6.20 Å². The quantitative estimate of drug-likeness (QED) is 0.860. The van der Waals surface area contributed by atoms with Crippen LogP contribution in [-0.2, 0) is 11.3 Å². The molecule has 20 heavy (non-hydrogen) atoms. The Morgan fingerprint density at radius 1 is 1.45 bits per heavy atom. The summed E-state index contributed by atoms with van der Waals surface area (Å²) in [4.78, 5) is 16.6. The third-order valence-electron chi connectivity index (χ3n) is 3.43. The summed E-state index contributed by atoms with van der Waals surface area (Å²) in [6.45, 7) is 0.0458. The zero-order valence-corrected chi connectivity index (χ0v) is 10.6. The number of halogens is 3. The van der Waals surface area contributed by atoms with Crippen LogP contribution in [0.3, 0.4) is 0 Å². The summed E-state index contributed by atoms with van der Waals surface area (Å²) in [6.07, 6.45) is -2.93. The highest BCUT2D eigenvalue weighted by Crippen LogP contribution is 2.37. The fourth-order valence-corrected chi connectivity index (χ4v) is 2.49. The number of carbonyl (C=O) groups is 1. The Balaban J connectivity index is 2.10. The number of nitrogens with two attached hydrogens (primary N) is 2. The van der Waals surface area contributed by atoms with Crippen molar-refractivity contribution in [2.45, 2.75) is 12.7 Å². The summed E-state index contributed by atoms with van der Waals surface area (Å²) in [5, 5.41) is 0. The maximum Gasteiger partial charge on any atom is 0.393 e. The van der Waals surface area contributed by atoms with Gasteiger partial charge in [-0.05, 0) is 17.7 Å². The van der Waals surface area contributed by atoms with Gasteiger partial charge in [0, 0.05) is 25.8 Å². The molecule has 0 bridgehead atoms. The van der Waals surface area contributed by atoms with Crippen molar-refractivity contribution in [1.82, 2.24) is 9.88 Å². The van der Waals surface area contributed by atoms with Crippen molar-refractivity contribution in [2.75, 3.05) is 18.8 Å². The van der Waals surface area contributed by atoms with Gasteiger partial charge in [0.2, 0.25) is 5.91 Å². The lowest BCUT2D eigenvalue weighted by Crippen LogP contribution is -2.37. The first-order chi connectivity index (χ1) is 9.27. The maximum atomic E-state index is 12.9. The van der Waals surface area contributed by atoms with Gasteiger partial charge in [0.1, 0.15) is 5.82 Å². The molecule has 0 saturated carbocycles. The van der Waals surface area contributed by atoms with E-state index in [1.54, 1.807) is 17.0 Å². The molecule has 0 unspecified atom stereocenters. The number of likely N-dealkylation sites (tertiary alicyclic amines) is 1.